The second kappa shape index (κ2) is 6.59. The Balaban J connectivity index is 1.76. The Morgan fingerprint density at radius 1 is 1.32 bits per heavy atom. The maximum Gasteiger partial charge on any atom is 0.191 e. The molecule has 1 aromatic rings. The molecule has 0 spiro atoms. The quantitative estimate of drug-likeness (QED) is 0.652. The number of benzene rings is 1. The molecule has 1 atom stereocenters. The van der Waals surface area contributed by atoms with Gasteiger partial charge in [0.05, 0.1) is 6.54 Å². The molecule has 120 valence electrons. The van der Waals surface area contributed by atoms with E-state index in [9.17, 15) is 5.11 Å². The Morgan fingerprint density at radius 3 is 2.95 bits per heavy atom. The SMILES string of the molecule is CC1CCCN(C(N)=NCc2c(O)ccc3c2CCCC3)C1. The van der Waals surface area contributed by atoms with Gasteiger partial charge in [-0.1, -0.05) is 13.0 Å². The summed E-state index contributed by atoms with van der Waals surface area (Å²) in [6.45, 7) is 4.75. The van der Waals surface area contributed by atoms with Gasteiger partial charge in [-0.25, -0.2) is 4.99 Å². The summed E-state index contributed by atoms with van der Waals surface area (Å²) in [4.78, 5) is 6.76. The number of hydrogen-bond acceptors (Lipinski definition) is 2. The fraction of sp³-hybridized carbons (Fsp3) is 0.611. The molecule has 2 aliphatic rings. The molecule has 1 unspecified atom stereocenters. The number of fused-ring (bicyclic) bond motifs is 1. The highest BCUT2D eigenvalue weighted by Crippen LogP contribution is 2.31. The molecular formula is C18H27N3O. The van der Waals surface area contributed by atoms with Crippen molar-refractivity contribution in [1.82, 2.24) is 4.90 Å². The standard InChI is InChI=1S/C18H27N3O/c1-13-5-4-10-21(12-13)18(19)20-11-16-15-7-3-2-6-14(15)8-9-17(16)22/h8-9,13,22H,2-7,10-12H2,1H3,(H2,19,20). The summed E-state index contributed by atoms with van der Waals surface area (Å²) >= 11 is 0. The van der Waals surface area contributed by atoms with Gasteiger partial charge >= 0.3 is 0 Å². The van der Waals surface area contributed by atoms with E-state index in [4.69, 9.17) is 5.73 Å². The highest BCUT2D eigenvalue weighted by atomic mass is 16.3. The van der Waals surface area contributed by atoms with Crippen molar-refractivity contribution in [1.29, 1.82) is 0 Å². The molecule has 1 aliphatic heterocycles. The zero-order valence-corrected chi connectivity index (χ0v) is 13.5. The molecule has 3 rings (SSSR count). The van der Waals surface area contributed by atoms with Gasteiger partial charge in [-0.05, 0) is 61.6 Å². The number of phenolic OH excluding ortho intramolecular Hbond substituents is 1. The first-order valence-electron chi connectivity index (χ1n) is 8.52. The summed E-state index contributed by atoms with van der Waals surface area (Å²) in [7, 11) is 0. The fourth-order valence-electron chi connectivity index (χ4n) is 3.73. The number of aryl methyl sites for hydroxylation is 1. The molecule has 0 amide bonds. The van der Waals surface area contributed by atoms with Crippen LogP contribution < -0.4 is 5.73 Å². The molecule has 3 N–H and O–H groups in total. The Hall–Kier alpha value is -1.71. The Kier molecular flexibility index (Phi) is 4.55. The third-order valence-corrected chi connectivity index (χ3v) is 5.01. The molecule has 0 radical (unpaired) electrons. The van der Waals surface area contributed by atoms with Crippen LogP contribution in [0.5, 0.6) is 5.75 Å². The predicted molar refractivity (Wildman–Crippen MR) is 90.0 cm³/mol. The lowest BCUT2D eigenvalue weighted by Gasteiger charge is -2.31. The van der Waals surface area contributed by atoms with Gasteiger partial charge in [-0.2, -0.15) is 0 Å². The normalized spacial score (nSPS) is 22.5. The van der Waals surface area contributed by atoms with Crippen LogP contribution in [0.3, 0.4) is 0 Å². The van der Waals surface area contributed by atoms with Gasteiger partial charge in [-0.15, -0.1) is 0 Å². The summed E-state index contributed by atoms with van der Waals surface area (Å²) in [6, 6.07) is 3.88. The van der Waals surface area contributed by atoms with Gasteiger partial charge in [-0.3, -0.25) is 0 Å². The van der Waals surface area contributed by atoms with E-state index in [0.717, 1.165) is 31.5 Å². The molecule has 1 heterocycles. The van der Waals surface area contributed by atoms with Gasteiger partial charge in [0.25, 0.3) is 0 Å². The number of likely N-dealkylation sites (tertiary alicyclic amines) is 1. The minimum absolute atomic E-state index is 0.365. The number of piperidine rings is 1. The monoisotopic (exact) mass is 301 g/mol. The lowest BCUT2D eigenvalue weighted by Crippen LogP contribution is -2.43. The summed E-state index contributed by atoms with van der Waals surface area (Å²) in [5.41, 5.74) is 9.83. The lowest BCUT2D eigenvalue weighted by molar-refractivity contribution is 0.270. The third-order valence-electron chi connectivity index (χ3n) is 5.01. The largest absolute Gasteiger partial charge is 0.508 e. The van der Waals surface area contributed by atoms with Crippen LogP contribution in [0.2, 0.25) is 0 Å². The first-order chi connectivity index (χ1) is 10.6. The molecule has 0 saturated carbocycles. The summed E-state index contributed by atoms with van der Waals surface area (Å²) in [5, 5.41) is 10.2. The summed E-state index contributed by atoms with van der Waals surface area (Å²) in [6.07, 6.45) is 7.07. The Labute approximate surface area is 133 Å². The van der Waals surface area contributed by atoms with Gasteiger partial charge in [0, 0.05) is 18.7 Å². The van der Waals surface area contributed by atoms with E-state index in [1.54, 1.807) is 0 Å². The number of aromatic hydroxyl groups is 1. The van der Waals surface area contributed by atoms with Crippen molar-refractivity contribution in [3.63, 3.8) is 0 Å². The van der Waals surface area contributed by atoms with E-state index < -0.39 is 0 Å². The van der Waals surface area contributed by atoms with Crippen LogP contribution in [0.25, 0.3) is 0 Å². The maximum atomic E-state index is 10.2. The number of nitrogens with zero attached hydrogens (tertiary/aromatic N) is 2. The number of rotatable bonds is 2. The maximum absolute atomic E-state index is 10.2. The first kappa shape index (κ1) is 15.2. The predicted octanol–water partition coefficient (Wildman–Crippen LogP) is 2.82. The Bertz CT molecular complexity index is 568. The molecule has 22 heavy (non-hydrogen) atoms. The van der Waals surface area contributed by atoms with Crippen molar-refractivity contribution in [3.8, 4) is 5.75 Å². The minimum atomic E-state index is 0.365. The molecular weight excluding hydrogens is 274 g/mol. The first-order valence-corrected chi connectivity index (χ1v) is 8.52. The molecule has 4 heteroatoms. The van der Waals surface area contributed by atoms with Crippen LogP contribution in [-0.4, -0.2) is 29.1 Å². The van der Waals surface area contributed by atoms with E-state index in [-0.39, 0.29) is 0 Å². The number of phenols is 1. The van der Waals surface area contributed by atoms with E-state index in [1.807, 2.05) is 6.07 Å². The molecule has 1 aliphatic carbocycles. The number of aliphatic imine (C=N–C) groups is 1. The van der Waals surface area contributed by atoms with Crippen molar-refractivity contribution in [3.05, 3.63) is 28.8 Å². The molecule has 1 fully saturated rings. The average molecular weight is 301 g/mol. The average Bonchev–Trinajstić information content (AvgIpc) is 2.53. The van der Waals surface area contributed by atoms with E-state index >= 15 is 0 Å². The molecule has 4 nitrogen and oxygen atoms in total. The van der Waals surface area contributed by atoms with Crippen LogP contribution in [0.4, 0.5) is 0 Å². The molecule has 1 saturated heterocycles. The second-order valence-electron chi connectivity index (χ2n) is 6.78. The van der Waals surface area contributed by atoms with Crippen molar-refractivity contribution < 1.29 is 5.11 Å². The zero-order chi connectivity index (χ0) is 15.5. The number of nitrogens with two attached hydrogens (primary N) is 1. The highest BCUT2D eigenvalue weighted by Gasteiger charge is 2.19. The zero-order valence-electron chi connectivity index (χ0n) is 13.5. The van der Waals surface area contributed by atoms with E-state index in [0.29, 0.717) is 24.2 Å². The van der Waals surface area contributed by atoms with Gasteiger partial charge in [0.1, 0.15) is 5.75 Å². The van der Waals surface area contributed by atoms with Gasteiger partial charge < -0.3 is 15.7 Å². The van der Waals surface area contributed by atoms with Crippen LogP contribution in [0.15, 0.2) is 17.1 Å². The second-order valence-corrected chi connectivity index (χ2v) is 6.78. The van der Waals surface area contributed by atoms with Crippen molar-refractivity contribution in [2.45, 2.75) is 52.0 Å². The highest BCUT2D eigenvalue weighted by molar-refractivity contribution is 5.78. The Morgan fingerprint density at radius 2 is 2.14 bits per heavy atom. The summed E-state index contributed by atoms with van der Waals surface area (Å²) in [5.74, 6) is 1.67. The number of guanidine groups is 1. The molecule has 1 aromatic carbocycles. The van der Waals surface area contributed by atoms with Crippen LogP contribution in [0, 0.1) is 5.92 Å². The van der Waals surface area contributed by atoms with Crippen molar-refractivity contribution in [2.24, 2.45) is 16.6 Å². The van der Waals surface area contributed by atoms with Crippen LogP contribution in [0.1, 0.15) is 49.3 Å². The summed E-state index contributed by atoms with van der Waals surface area (Å²) < 4.78 is 0. The third kappa shape index (κ3) is 3.21. The minimum Gasteiger partial charge on any atom is -0.508 e. The molecule has 0 bridgehead atoms. The molecule has 0 aromatic heterocycles. The lowest BCUT2D eigenvalue weighted by atomic mass is 9.88. The van der Waals surface area contributed by atoms with Crippen LogP contribution >= 0.6 is 0 Å². The van der Waals surface area contributed by atoms with E-state index in [1.165, 1.54) is 36.8 Å². The van der Waals surface area contributed by atoms with Gasteiger partial charge in [0.15, 0.2) is 5.96 Å². The number of hydrogen-bond donors (Lipinski definition) is 2. The van der Waals surface area contributed by atoms with Crippen LogP contribution in [-0.2, 0) is 19.4 Å². The fourth-order valence-corrected chi connectivity index (χ4v) is 3.73. The van der Waals surface area contributed by atoms with Crippen molar-refractivity contribution >= 4 is 5.96 Å². The van der Waals surface area contributed by atoms with Gasteiger partial charge in [0.2, 0.25) is 0 Å². The smallest absolute Gasteiger partial charge is 0.191 e. The topological polar surface area (TPSA) is 61.8 Å². The van der Waals surface area contributed by atoms with Crippen molar-refractivity contribution in [2.75, 3.05) is 13.1 Å². The van der Waals surface area contributed by atoms with E-state index in [2.05, 4.69) is 22.9 Å².